The van der Waals surface area contributed by atoms with Gasteiger partial charge in [-0.1, -0.05) is 84.4 Å². The van der Waals surface area contributed by atoms with Crippen molar-refractivity contribution in [3.8, 4) is 28.3 Å². The summed E-state index contributed by atoms with van der Waals surface area (Å²) in [6, 6.07) is 28.6. The Morgan fingerprint density at radius 2 is 1.42 bits per heavy atom. The Labute approximate surface area is 228 Å². The fraction of sp³-hybridized carbons (Fsp3) is 0.188. The summed E-state index contributed by atoms with van der Waals surface area (Å²) in [5.74, 6) is 0.825. The van der Waals surface area contributed by atoms with Gasteiger partial charge in [-0.25, -0.2) is 9.97 Å². The van der Waals surface area contributed by atoms with Gasteiger partial charge in [0, 0.05) is 43.7 Å². The van der Waals surface area contributed by atoms with E-state index in [1.165, 1.54) is 5.56 Å². The summed E-state index contributed by atoms with van der Waals surface area (Å²) >= 11 is 6.24. The molecule has 0 bridgehead atoms. The SMILES string of the molecule is Oc1ccc2cc(-c3ccc(-c4ncc(N5CCN(CCc6ccccc6)CC5)cn4)cc3)ccc2c1Cl. The predicted octanol–water partition coefficient (Wildman–Crippen LogP) is 6.69. The van der Waals surface area contributed by atoms with Crippen LogP contribution >= 0.6 is 11.6 Å². The van der Waals surface area contributed by atoms with Crippen molar-refractivity contribution in [1.29, 1.82) is 0 Å². The minimum Gasteiger partial charge on any atom is -0.506 e. The number of phenolic OH excluding ortho intramolecular Hbond substituents is 1. The number of aromatic hydroxyl groups is 1. The zero-order valence-corrected chi connectivity index (χ0v) is 21.9. The summed E-state index contributed by atoms with van der Waals surface area (Å²) in [6.07, 6.45) is 4.98. The maximum Gasteiger partial charge on any atom is 0.159 e. The van der Waals surface area contributed by atoms with Crippen molar-refractivity contribution in [2.75, 3.05) is 37.6 Å². The van der Waals surface area contributed by atoms with Crippen LogP contribution in [0.1, 0.15) is 5.56 Å². The molecule has 0 radical (unpaired) electrons. The number of rotatable bonds is 6. The van der Waals surface area contributed by atoms with Gasteiger partial charge >= 0.3 is 0 Å². The summed E-state index contributed by atoms with van der Waals surface area (Å²) in [5, 5.41) is 12.1. The molecule has 6 heteroatoms. The minimum atomic E-state index is 0.100. The Kier molecular flexibility index (Phi) is 6.95. The molecule has 0 atom stereocenters. The van der Waals surface area contributed by atoms with Crippen LogP contribution < -0.4 is 4.90 Å². The quantitative estimate of drug-likeness (QED) is 0.270. The average Bonchev–Trinajstić information content (AvgIpc) is 2.99. The summed E-state index contributed by atoms with van der Waals surface area (Å²) < 4.78 is 0. The number of anilines is 1. The van der Waals surface area contributed by atoms with Crippen LogP contribution in [0.3, 0.4) is 0 Å². The summed E-state index contributed by atoms with van der Waals surface area (Å²) in [6.45, 7) is 5.18. The van der Waals surface area contributed by atoms with E-state index in [2.05, 4.69) is 80.4 Å². The van der Waals surface area contributed by atoms with E-state index in [-0.39, 0.29) is 5.75 Å². The van der Waals surface area contributed by atoms with Crippen LogP contribution in [0.15, 0.2) is 97.3 Å². The number of phenols is 1. The van der Waals surface area contributed by atoms with Crippen LogP contribution in [-0.4, -0.2) is 52.7 Å². The smallest absolute Gasteiger partial charge is 0.159 e. The number of hydrogen-bond acceptors (Lipinski definition) is 5. The molecule has 1 saturated heterocycles. The number of piperazine rings is 1. The van der Waals surface area contributed by atoms with E-state index in [4.69, 9.17) is 11.6 Å². The first-order chi connectivity index (χ1) is 18.6. The topological polar surface area (TPSA) is 52.5 Å². The molecule has 1 aliphatic rings. The molecule has 0 aliphatic carbocycles. The first kappa shape index (κ1) is 24.4. The molecule has 5 nitrogen and oxygen atoms in total. The van der Waals surface area contributed by atoms with E-state index in [0.29, 0.717) is 5.02 Å². The van der Waals surface area contributed by atoms with Gasteiger partial charge in [-0.15, -0.1) is 0 Å². The molecule has 5 aromatic rings. The molecule has 1 N–H and O–H groups in total. The molecular weight excluding hydrogens is 492 g/mol. The second-order valence-electron chi connectivity index (χ2n) is 9.74. The van der Waals surface area contributed by atoms with E-state index < -0.39 is 0 Å². The first-order valence-electron chi connectivity index (χ1n) is 13.0. The zero-order valence-electron chi connectivity index (χ0n) is 21.1. The molecule has 190 valence electrons. The Balaban J connectivity index is 1.08. The first-order valence-corrected chi connectivity index (χ1v) is 13.4. The van der Waals surface area contributed by atoms with Crippen molar-refractivity contribution in [2.24, 2.45) is 0 Å². The second-order valence-corrected chi connectivity index (χ2v) is 10.1. The average molecular weight is 521 g/mol. The molecule has 1 fully saturated rings. The van der Waals surface area contributed by atoms with Crippen molar-refractivity contribution in [2.45, 2.75) is 6.42 Å². The highest BCUT2D eigenvalue weighted by atomic mass is 35.5. The number of fused-ring (bicyclic) bond motifs is 1. The lowest BCUT2D eigenvalue weighted by Crippen LogP contribution is -2.47. The van der Waals surface area contributed by atoms with E-state index in [1.54, 1.807) is 6.07 Å². The number of benzene rings is 4. The maximum absolute atomic E-state index is 9.85. The summed E-state index contributed by atoms with van der Waals surface area (Å²) in [7, 11) is 0. The van der Waals surface area contributed by atoms with Crippen LogP contribution in [0.2, 0.25) is 5.02 Å². The highest BCUT2D eigenvalue weighted by Crippen LogP contribution is 2.34. The van der Waals surface area contributed by atoms with Crippen LogP contribution in [0.25, 0.3) is 33.3 Å². The van der Waals surface area contributed by atoms with Crippen LogP contribution in [0.5, 0.6) is 5.75 Å². The molecule has 0 amide bonds. The Bertz CT molecular complexity index is 1530. The third kappa shape index (κ3) is 5.21. The monoisotopic (exact) mass is 520 g/mol. The lowest BCUT2D eigenvalue weighted by molar-refractivity contribution is 0.261. The normalized spacial score (nSPS) is 14.2. The Hall–Kier alpha value is -3.93. The molecule has 6 rings (SSSR count). The number of nitrogens with zero attached hydrogens (tertiary/aromatic N) is 4. The zero-order chi connectivity index (χ0) is 25.9. The van der Waals surface area contributed by atoms with Gasteiger partial charge in [0.05, 0.1) is 23.1 Å². The molecule has 0 saturated carbocycles. The highest BCUT2D eigenvalue weighted by molar-refractivity contribution is 6.37. The van der Waals surface area contributed by atoms with Crippen molar-refractivity contribution in [1.82, 2.24) is 14.9 Å². The van der Waals surface area contributed by atoms with Crippen molar-refractivity contribution in [3.63, 3.8) is 0 Å². The van der Waals surface area contributed by atoms with Gasteiger partial charge < -0.3 is 10.0 Å². The van der Waals surface area contributed by atoms with E-state index >= 15 is 0 Å². The Morgan fingerprint density at radius 3 is 2.16 bits per heavy atom. The lowest BCUT2D eigenvalue weighted by atomic mass is 10.00. The van der Waals surface area contributed by atoms with Gasteiger partial charge in [0.2, 0.25) is 0 Å². The standard InChI is InChI=1S/C32H29ClN4O/c33-31-29-12-10-26(20-27(29)11-13-30(31)38)24-6-8-25(9-7-24)32-34-21-28(22-35-32)37-18-16-36(17-19-37)15-14-23-4-2-1-3-5-23/h1-13,20-22,38H,14-19H2. The lowest BCUT2D eigenvalue weighted by Gasteiger charge is -2.35. The maximum atomic E-state index is 9.85. The Morgan fingerprint density at radius 1 is 0.737 bits per heavy atom. The highest BCUT2D eigenvalue weighted by Gasteiger charge is 2.18. The molecular formula is C32H29ClN4O. The molecule has 1 aliphatic heterocycles. The fourth-order valence-electron chi connectivity index (χ4n) is 5.07. The number of halogens is 1. The third-order valence-electron chi connectivity index (χ3n) is 7.35. The molecule has 2 heterocycles. The van der Waals surface area contributed by atoms with E-state index in [9.17, 15) is 5.11 Å². The van der Waals surface area contributed by atoms with Gasteiger partial charge in [0.15, 0.2) is 5.82 Å². The van der Waals surface area contributed by atoms with E-state index in [0.717, 1.165) is 78.1 Å². The minimum absolute atomic E-state index is 0.100. The van der Waals surface area contributed by atoms with Gasteiger partial charge in [-0.2, -0.15) is 0 Å². The van der Waals surface area contributed by atoms with E-state index in [1.807, 2.05) is 30.6 Å². The van der Waals surface area contributed by atoms with Gasteiger partial charge in [0.25, 0.3) is 0 Å². The van der Waals surface area contributed by atoms with Crippen LogP contribution in [0.4, 0.5) is 5.69 Å². The van der Waals surface area contributed by atoms with Crippen LogP contribution in [-0.2, 0) is 6.42 Å². The third-order valence-corrected chi connectivity index (χ3v) is 7.74. The van der Waals surface area contributed by atoms with Gasteiger partial charge in [-0.3, -0.25) is 4.90 Å². The molecule has 4 aromatic carbocycles. The molecule has 0 spiro atoms. The summed E-state index contributed by atoms with van der Waals surface area (Å²) in [5.41, 5.74) is 5.65. The largest absolute Gasteiger partial charge is 0.506 e. The molecule has 38 heavy (non-hydrogen) atoms. The second kappa shape index (κ2) is 10.8. The number of aromatic nitrogens is 2. The molecule has 1 aromatic heterocycles. The fourth-order valence-corrected chi connectivity index (χ4v) is 5.30. The van der Waals surface area contributed by atoms with Crippen molar-refractivity contribution < 1.29 is 5.11 Å². The van der Waals surface area contributed by atoms with Crippen molar-refractivity contribution in [3.05, 3.63) is 108 Å². The number of hydrogen-bond donors (Lipinski definition) is 1. The van der Waals surface area contributed by atoms with Crippen LogP contribution in [0, 0.1) is 0 Å². The van der Waals surface area contributed by atoms with Gasteiger partial charge in [-0.05, 0) is 40.6 Å². The summed E-state index contributed by atoms with van der Waals surface area (Å²) in [4.78, 5) is 14.3. The predicted molar refractivity (Wildman–Crippen MR) is 156 cm³/mol. The van der Waals surface area contributed by atoms with Crippen molar-refractivity contribution >= 4 is 28.1 Å². The van der Waals surface area contributed by atoms with Gasteiger partial charge in [0.1, 0.15) is 5.75 Å². The molecule has 0 unspecified atom stereocenters.